The van der Waals surface area contributed by atoms with Gasteiger partial charge in [-0.1, -0.05) is 28.1 Å². The molecule has 1 nitrogen and oxygen atoms in total. The molecule has 2 aromatic rings. The summed E-state index contributed by atoms with van der Waals surface area (Å²) in [6.45, 7) is 0. The van der Waals surface area contributed by atoms with Crippen molar-refractivity contribution in [3.8, 4) is 11.1 Å². The van der Waals surface area contributed by atoms with Crippen LogP contribution in [0.2, 0.25) is 0 Å². The molecular weight excluding hydrogens is 257 g/mol. The van der Waals surface area contributed by atoms with Crippen LogP contribution in [0.5, 0.6) is 0 Å². The highest BCUT2D eigenvalue weighted by Crippen LogP contribution is 2.24. The van der Waals surface area contributed by atoms with E-state index in [1.165, 1.54) is 12.1 Å². The minimum absolute atomic E-state index is 0.218. The molecule has 1 heterocycles. The van der Waals surface area contributed by atoms with E-state index < -0.39 is 0 Å². The van der Waals surface area contributed by atoms with Crippen LogP contribution in [0.3, 0.4) is 0 Å². The molecule has 0 amide bonds. The van der Waals surface area contributed by atoms with Gasteiger partial charge in [0.1, 0.15) is 5.82 Å². The van der Waals surface area contributed by atoms with Gasteiger partial charge in [-0.05, 0) is 34.9 Å². The Morgan fingerprint density at radius 2 is 2.13 bits per heavy atom. The summed E-state index contributed by atoms with van der Waals surface area (Å²) in [7, 11) is 0. The molecular formula is C12H9BrFN. The lowest BCUT2D eigenvalue weighted by Crippen LogP contribution is -1.88. The molecule has 2 rings (SSSR count). The third kappa shape index (κ3) is 2.23. The number of hydrogen-bond donors (Lipinski definition) is 0. The van der Waals surface area contributed by atoms with Crippen molar-refractivity contribution in [3.05, 3.63) is 54.1 Å². The first kappa shape index (κ1) is 10.3. The topological polar surface area (TPSA) is 12.9 Å². The number of halogens is 2. The number of hydrogen-bond acceptors (Lipinski definition) is 1. The minimum atomic E-state index is -0.218. The zero-order valence-electron chi connectivity index (χ0n) is 7.95. The number of rotatable bonds is 2. The number of alkyl halides is 1. The zero-order chi connectivity index (χ0) is 10.7. The molecule has 0 aliphatic carbocycles. The largest absolute Gasteiger partial charge is 0.264 e. The normalized spacial score (nSPS) is 10.3. The van der Waals surface area contributed by atoms with Crippen molar-refractivity contribution in [1.82, 2.24) is 4.98 Å². The fraction of sp³-hybridized carbons (Fsp3) is 0.0833. The molecule has 0 aliphatic rings. The van der Waals surface area contributed by atoms with Crippen molar-refractivity contribution >= 4 is 15.9 Å². The van der Waals surface area contributed by atoms with Gasteiger partial charge in [0.15, 0.2) is 0 Å². The van der Waals surface area contributed by atoms with E-state index in [2.05, 4.69) is 20.9 Å². The lowest BCUT2D eigenvalue weighted by Gasteiger charge is -2.06. The van der Waals surface area contributed by atoms with Crippen molar-refractivity contribution < 1.29 is 4.39 Å². The molecule has 0 aliphatic heterocycles. The monoisotopic (exact) mass is 265 g/mol. The summed E-state index contributed by atoms with van der Waals surface area (Å²) in [6, 6.07) is 8.47. The van der Waals surface area contributed by atoms with Gasteiger partial charge in [-0.3, -0.25) is 4.98 Å². The predicted molar refractivity (Wildman–Crippen MR) is 62.3 cm³/mol. The third-order valence-electron chi connectivity index (χ3n) is 2.18. The van der Waals surface area contributed by atoms with Gasteiger partial charge in [-0.25, -0.2) is 4.39 Å². The number of aromatic nitrogens is 1. The van der Waals surface area contributed by atoms with Gasteiger partial charge in [0.05, 0.1) is 0 Å². The van der Waals surface area contributed by atoms with Crippen molar-refractivity contribution in [2.45, 2.75) is 5.33 Å². The van der Waals surface area contributed by atoms with Crippen LogP contribution < -0.4 is 0 Å². The zero-order valence-corrected chi connectivity index (χ0v) is 9.54. The van der Waals surface area contributed by atoms with E-state index in [9.17, 15) is 4.39 Å². The molecule has 15 heavy (non-hydrogen) atoms. The Morgan fingerprint density at radius 3 is 2.87 bits per heavy atom. The molecule has 0 atom stereocenters. The molecule has 3 heteroatoms. The summed E-state index contributed by atoms with van der Waals surface area (Å²) < 4.78 is 13.1. The summed E-state index contributed by atoms with van der Waals surface area (Å²) >= 11 is 3.39. The van der Waals surface area contributed by atoms with Crippen LogP contribution in [-0.2, 0) is 5.33 Å². The maximum Gasteiger partial charge on any atom is 0.123 e. The summed E-state index contributed by atoms with van der Waals surface area (Å²) in [5.74, 6) is -0.218. The lowest BCUT2D eigenvalue weighted by molar-refractivity contribution is 0.628. The predicted octanol–water partition coefficient (Wildman–Crippen LogP) is 3.78. The Hall–Kier alpha value is -1.22. The molecule has 0 bridgehead atoms. The van der Waals surface area contributed by atoms with Crippen LogP contribution in [0.25, 0.3) is 11.1 Å². The quantitative estimate of drug-likeness (QED) is 0.754. The van der Waals surface area contributed by atoms with Crippen LogP contribution in [-0.4, -0.2) is 4.98 Å². The van der Waals surface area contributed by atoms with Crippen LogP contribution in [0.1, 0.15) is 5.56 Å². The van der Waals surface area contributed by atoms with E-state index >= 15 is 0 Å². The molecule has 0 fully saturated rings. The molecule has 0 saturated heterocycles. The fourth-order valence-electron chi connectivity index (χ4n) is 1.47. The van der Waals surface area contributed by atoms with Gasteiger partial charge >= 0.3 is 0 Å². The highest BCUT2D eigenvalue weighted by atomic mass is 79.9. The molecule has 0 N–H and O–H groups in total. The summed E-state index contributed by atoms with van der Waals surface area (Å²) in [5, 5.41) is 0.715. The summed E-state index contributed by atoms with van der Waals surface area (Å²) in [4.78, 5) is 4.04. The summed E-state index contributed by atoms with van der Waals surface area (Å²) in [5.41, 5.74) is 2.95. The third-order valence-corrected chi connectivity index (χ3v) is 2.79. The van der Waals surface area contributed by atoms with Gasteiger partial charge in [-0.15, -0.1) is 0 Å². The van der Waals surface area contributed by atoms with Gasteiger partial charge < -0.3 is 0 Å². The number of nitrogens with zero attached hydrogens (tertiary/aromatic N) is 1. The van der Waals surface area contributed by atoms with Gasteiger partial charge in [-0.2, -0.15) is 0 Å². The van der Waals surface area contributed by atoms with Crippen molar-refractivity contribution in [3.63, 3.8) is 0 Å². The SMILES string of the molecule is Fc1cccc(-c2ccncc2CBr)c1. The van der Waals surface area contributed by atoms with Crippen LogP contribution in [0.15, 0.2) is 42.7 Å². The van der Waals surface area contributed by atoms with Gasteiger partial charge in [0, 0.05) is 17.7 Å². The second-order valence-corrected chi connectivity index (χ2v) is 3.74. The smallest absolute Gasteiger partial charge is 0.123 e. The molecule has 0 radical (unpaired) electrons. The first-order valence-corrected chi connectivity index (χ1v) is 5.68. The van der Waals surface area contributed by atoms with Crippen LogP contribution in [0, 0.1) is 5.82 Å². The maximum atomic E-state index is 13.1. The highest BCUT2D eigenvalue weighted by Gasteiger charge is 2.04. The molecule has 0 saturated carbocycles. The number of benzene rings is 1. The Morgan fingerprint density at radius 1 is 1.27 bits per heavy atom. The Balaban J connectivity index is 2.53. The molecule has 1 aromatic heterocycles. The molecule has 0 unspecified atom stereocenters. The Kier molecular flexibility index (Phi) is 3.11. The Labute approximate surface area is 96.1 Å². The molecule has 0 spiro atoms. The van der Waals surface area contributed by atoms with E-state index in [1.807, 2.05) is 12.1 Å². The second-order valence-electron chi connectivity index (χ2n) is 3.18. The van der Waals surface area contributed by atoms with E-state index in [1.54, 1.807) is 18.5 Å². The maximum absolute atomic E-state index is 13.1. The van der Waals surface area contributed by atoms with E-state index in [0.29, 0.717) is 5.33 Å². The van der Waals surface area contributed by atoms with Crippen molar-refractivity contribution in [2.75, 3.05) is 0 Å². The number of pyridine rings is 1. The molecule has 76 valence electrons. The second kappa shape index (κ2) is 4.53. The average Bonchev–Trinajstić information content (AvgIpc) is 2.29. The minimum Gasteiger partial charge on any atom is -0.264 e. The van der Waals surface area contributed by atoms with Crippen LogP contribution >= 0.6 is 15.9 Å². The van der Waals surface area contributed by atoms with Crippen molar-refractivity contribution in [2.24, 2.45) is 0 Å². The lowest BCUT2D eigenvalue weighted by atomic mass is 10.0. The van der Waals surface area contributed by atoms with E-state index in [0.717, 1.165) is 16.7 Å². The van der Waals surface area contributed by atoms with Crippen molar-refractivity contribution in [1.29, 1.82) is 0 Å². The summed E-state index contributed by atoms with van der Waals surface area (Å²) in [6.07, 6.45) is 3.50. The Bertz CT molecular complexity index is 471. The van der Waals surface area contributed by atoms with Gasteiger partial charge in [0.25, 0.3) is 0 Å². The van der Waals surface area contributed by atoms with E-state index in [-0.39, 0.29) is 5.82 Å². The van der Waals surface area contributed by atoms with E-state index in [4.69, 9.17) is 0 Å². The molecule has 1 aromatic carbocycles. The highest BCUT2D eigenvalue weighted by molar-refractivity contribution is 9.08. The van der Waals surface area contributed by atoms with Gasteiger partial charge in [0.2, 0.25) is 0 Å². The first-order chi connectivity index (χ1) is 7.31. The standard InChI is InChI=1S/C12H9BrFN/c13-7-10-8-15-5-4-12(10)9-2-1-3-11(14)6-9/h1-6,8H,7H2. The van der Waals surface area contributed by atoms with Crippen LogP contribution in [0.4, 0.5) is 4.39 Å². The fourth-order valence-corrected chi connectivity index (χ4v) is 1.92. The first-order valence-electron chi connectivity index (χ1n) is 4.56. The average molecular weight is 266 g/mol.